The van der Waals surface area contributed by atoms with Crippen LogP contribution in [0.25, 0.3) is 0 Å². The van der Waals surface area contributed by atoms with Crippen LogP contribution in [0, 0.1) is 5.92 Å². The van der Waals surface area contributed by atoms with E-state index in [1.165, 1.54) is 25.7 Å². The Morgan fingerprint density at radius 2 is 1.68 bits per heavy atom. The average Bonchev–Trinajstić information content (AvgIpc) is 2.91. The molecule has 4 saturated heterocycles. The van der Waals surface area contributed by atoms with Gasteiger partial charge in [-0.15, -0.1) is 0 Å². The van der Waals surface area contributed by atoms with Gasteiger partial charge in [-0.1, -0.05) is 0 Å². The fourth-order valence-electron chi connectivity index (χ4n) is 4.54. The Hall–Kier alpha value is -0.610. The molecule has 0 saturated carbocycles. The molecule has 4 bridgehead atoms. The highest BCUT2D eigenvalue weighted by Gasteiger charge is 2.38. The Bertz CT molecular complexity index is 349. The van der Waals surface area contributed by atoms with Crippen molar-refractivity contribution in [3.8, 4) is 0 Å². The number of nitrogens with one attached hydrogen (secondary N) is 1. The highest BCUT2D eigenvalue weighted by molar-refractivity contribution is 5.76. The van der Waals surface area contributed by atoms with Crippen LogP contribution in [-0.2, 0) is 9.53 Å². The van der Waals surface area contributed by atoms with Gasteiger partial charge in [0.05, 0.1) is 12.2 Å². The Kier molecular flexibility index (Phi) is 3.03. The number of carbonyl (C=O) groups is 1. The van der Waals surface area contributed by atoms with E-state index in [4.69, 9.17) is 4.74 Å². The highest BCUT2D eigenvalue weighted by Crippen LogP contribution is 2.34. The molecule has 0 spiro atoms. The maximum absolute atomic E-state index is 12.5. The average molecular weight is 264 g/mol. The molecule has 4 heteroatoms. The molecule has 4 aliphatic rings. The lowest BCUT2D eigenvalue weighted by atomic mass is 9.89. The number of nitrogens with zero attached hydrogens (tertiary/aromatic N) is 1. The molecule has 4 aliphatic heterocycles. The molecule has 19 heavy (non-hydrogen) atoms. The van der Waals surface area contributed by atoms with Gasteiger partial charge >= 0.3 is 0 Å². The molecule has 4 unspecified atom stereocenters. The first-order valence-electron chi connectivity index (χ1n) is 7.95. The molecule has 1 amide bonds. The van der Waals surface area contributed by atoms with Crippen LogP contribution in [0.3, 0.4) is 0 Å². The van der Waals surface area contributed by atoms with Gasteiger partial charge in [-0.05, 0) is 44.4 Å². The largest absolute Gasteiger partial charge is 0.371 e. The number of rotatable bonds is 2. The number of hydrogen-bond donors (Lipinski definition) is 1. The second-order valence-corrected chi connectivity index (χ2v) is 6.94. The summed E-state index contributed by atoms with van der Waals surface area (Å²) in [6.07, 6.45) is 8.76. The van der Waals surface area contributed by atoms with E-state index >= 15 is 0 Å². The van der Waals surface area contributed by atoms with E-state index in [2.05, 4.69) is 10.2 Å². The van der Waals surface area contributed by atoms with Gasteiger partial charge < -0.3 is 15.0 Å². The Balaban J connectivity index is 1.34. The molecule has 0 aliphatic carbocycles. The zero-order chi connectivity index (χ0) is 12.8. The second-order valence-electron chi connectivity index (χ2n) is 6.94. The molecule has 4 nitrogen and oxygen atoms in total. The van der Waals surface area contributed by atoms with Gasteiger partial charge in [-0.3, -0.25) is 4.79 Å². The van der Waals surface area contributed by atoms with E-state index in [-0.39, 0.29) is 0 Å². The van der Waals surface area contributed by atoms with Crippen molar-refractivity contribution in [2.45, 2.75) is 69.2 Å². The van der Waals surface area contributed by atoms with E-state index in [1.54, 1.807) is 0 Å². The van der Waals surface area contributed by atoms with Crippen molar-refractivity contribution in [2.24, 2.45) is 5.92 Å². The van der Waals surface area contributed by atoms with Crippen LogP contribution in [0.15, 0.2) is 0 Å². The van der Waals surface area contributed by atoms with Crippen molar-refractivity contribution in [3.63, 3.8) is 0 Å². The Labute approximate surface area is 114 Å². The van der Waals surface area contributed by atoms with Gasteiger partial charge in [0.2, 0.25) is 5.91 Å². The Morgan fingerprint density at radius 3 is 2.32 bits per heavy atom. The first-order chi connectivity index (χ1) is 9.26. The third-order valence-corrected chi connectivity index (χ3v) is 5.43. The number of fused-ring (bicyclic) bond motifs is 4. The van der Waals surface area contributed by atoms with E-state index in [0.29, 0.717) is 36.1 Å². The topological polar surface area (TPSA) is 41.6 Å². The summed E-state index contributed by atoms with van der Waals surface area (Å²) in [5, 5.41) is 3.65. The normalized spacial score (nSPS) is 44.6. The van der Waals surface area contributed by atoms with Crippen molar-refractivity contribution >= 4 is 5.91 Å². The van der Waals surface area contributed by atoms with Crippen LogP contribution >= 0.6 is 0 Å². The molecule has 0 aromatic carbocycles. The second kappa shape index (κ2) is 4.74. The van der Waals surface area contributed by atoms with Gasteiger partial charge in [-0.2, -0.15) is 0 Å². The minimum Gasteiger partial charge on any atom is -0.371 e. The molecule has 0 aromatic rings. The fourth-order valence-corrected chi connectivity index (χ4v) is 4.54. The van der Waals surface area contributed by atoms with Crippen molar-refractivity contribution in [1.29, 1.82) is 0 Å². The van der Waals surface area contributed by atoms with Gasteiger partial charge in [0.1, 0.15) is 0 Å². The van der Waals surface area contributed by atoms with Crippen molar-refractivity contribution in [3.05, 3.63) is 0 Å². The van der Waals surface area contributed by atoms with Crippen LogP contribution < -0.4 is 5.32 Å². The summed E-state index contributed by atoms with van der Waals surface area (Å²) in [5.41, 5.74) is 0. The summed E-state index contributed by atoms with van der Waals surface area (Å²) in [6, 6.07) is 1.38. The molecule has 4 heterocycles. The summed E-state index contributed by atoms with van der Waals surface area (Å²) in [7, 11) is 0. The van der Waals surface area contributed by atoms with Crippen LogP contribution in [0.5, 0.6) is 0 Å². The van der Waals surface area contributed by atoms with Crippen molar-refractivity contribution < 1.29 is 9.53 Å². The number of ether oxygens (including phenoxy) is 1. The predicted octanol–water partition coefficient (Wildman–Crippen LogP) is 1.30. The van der Waals surface area contributed by atoms with E-state index in [1.807, 2.05) is 0 Å². The lowest BCUT2D eigenvalue weighted by molar-refractivity contribution is -0.141. The Morgan fingerprint density at radius 1 is 1.05 bits per heavy atom. The monoisotopic (exact) mass is 264 g/mol. The number of likely N-dealkylation sites (tertiary alicyclic amines) is 1. The lowest BCUT2D eigenvalue weighted by Crippen LogP contribution is -2.47. The maximum Gasteiger partial charge on any atom is 0.223 e. The fraction of sp³-hybridized carbons (Fsp3) is 0.933. The van der Waals surface area contributed by atoms with Crippen LogP contribution in [0.4, 0.5) is 0 Å². The summed E-state index contributed by atoms with van der Waals surface area (Å²) in [6.45, 7) is 1.68. The summed E-state index contributed by atoms with van der Waals surface area (Å²) in [5.74, 6) is 0.998. The maximum atomic E-state index is 12.5. The third-order valence-electron chi connectivity index (χ3n) is 5.43. The van der Waals surface area contributed by atoms with E-state index < -0.39 is 0 Å². The van der Waals surface area contributed by atoms with Crippen molar-refractivity contribution in [1.82, 2.24) is 10.2 Å². The summed E-state index contributed by atoms with van der Waals surface area (Å²) >= 11 is 0. The SMILES string of the molecule is O=C(CC1CC2CCC(C1)N2)N1CC2CCC(C1)O2. The number of amides is 1. The van der Waals surface area contributed by atoms with Gasteiger partial charge in [0, 0.05) is 31.6 Å². The molecule has 4 atom stereocenters. The molecular formula is C15H24N2O2. The lowest BCUT2D eigenvalue weighted by Gasteiger charge is -2.34. The summed E-state index contributed by atoms with van der Waals surface area (Å²) in [4.78, 5) is 14.5. The number of piperidine rings is 1. The van der Waals surface area contributed by atoms with Crippen LogP contribution in [-0.4, -0.2) is 48.2 Å². The predicted molar refractivity (Wildman–Crippen MR) is 71.8 cm³/mol. The van der Waals surface area contributed by atoms with Gasteiger partial charge in [-0.25, -0.2) is 0 Å². The smallest absolute Gasteiger partial charge is 0.223 e. The van der Waals surface area contributed by atoms with E-state index in [9.17, 15) is 4.79 Å². The minimum atomic E-state index is 0.326. The summed E-state index contributed by atoms with van der Waals surface area (Å²) < 4.78 is 5.81. The molecule has 4 fully saturated rings. The minimum absolute atomic E-state index is 0.326. The standard InChI is InChI=1S/C15H24N2O2/c18-15(17-8-13-3-4-14(9-17)19-13)7-10-5-11-1-2-12(6-10)16-11/h10-14,16H,1-9H2. The first-order valence-corrected chi connectivity index (χ1v) is 7.95. The quantitative estimate of drug-likeness (QED) is 0.817. The molecule has 0 radical (unpaired) electrons. The number of hydrogen-bond acceptors (Lipinski definition) is 3. The molecule has 106 valence electrons. The first kappa shape index (κ1) is 12.2. The number of morpholine rings is 1. The molecule has 0 aromatic heterocycles. The third kappa shape index (κ3) is 2.40. The molecular weight excluding hydrogens is 240 g/mol. The molecule has 1 N–H and O–H groups in total. The van der Waals surface area contributed by atoms with Crippen molar-refractivity contribution in [2.75, 3.05) is 13.1 Å². The van der Waals surface area contributed by atoms with E-state index in [0.717, 1.165) is 32.4 Å². The van der Waals surface area contributed by atoms with Gasteiger partial charge in [0.15, 0.2) is 0 Å². The van der Waals surface area contributed by atoms with Crippen LogP contribution in [0.1, 0.15) is 44.9 Å². The van der Waals surface area contributed by atoms with Gasteiger partial charge in [0.25, 0.3) is 0 Å². The zero-order valence-corrected chi connectivity index (χ0v) is 11.5. The number of carbonyl (C=O) groups excluding carboxylic acids is 1. The highest BCUT2D eigenvalue weighted by atomic mass is 16.5. The molecule has 4 rings (SSSR count). The van der Waals surface area contributed by atoms with Crippen LogP contribution in [0.2, 0.25) is 0 Å². The zero-order valence-electron chi connectivity index (χ0n) is 11.5.